The van der Waals surface area contributed by atoms with Gasteiger partial charge in [0.25, 0.3) is 11.6 Å². The lowest BCUT2D eigenvalue weighted by Crippen LogP contribution is -2.28. The number of amides is 2. The zero-order valence-electron chi connectivity index (χ0n) is 15.7. The standard InChI is InChI=1S/C20H19N3O6/c1-13-6-8-15(9-7-13)22-11-14(10-19(22)25)20(26)29-12-18(24)21-16-4-2-3-5-17(16)23(27)28/h2-9,14H,10-12H2,1H3,(H,21,24)/t14-/m1/s1. The van der Waals surface area contributed by atoms with Crippen LogP contribution in [0.1, 0.15) is 12.0 Å². The third-order valence-corrected chi connectivity index (χ3v) is 4.52. The first-order valence-electron chi connectivity index (χ1n) is 8.92. The second-order valence-electron chi connectivity index (χ2n) is 6.67. The van der Waals surface area contributed by atoms with Crippen molar-refractivity contribution in [2.75, 3.05) is 23.4 Å². The van der Waals surface area contributed by atoms with Crippen LogP contribution in [0.2, 0.25) is 0 Å². The Balaban J connectivity index is 1.54. The number of aryl methyl sites for hydroxylation is 1. The van der Waals surface area contributed by atoms with Gasteiger partial charge in [0.1, 0.15) is 5.69 Å². The summed E-state index contributed by atoms with van der Waals surface area (Å²) in [5, 5.41) is 13.3. The smallest absolute Gasteiger partial charge is 0.311 e. The fourth-order valence-electron chi connectivity index (χ4n) is 3.02. The number of rotatable bonds is 6. The first kappa shape index (κ1) is 20.0. The number of nitro groups is 1. The van der Waals surface area contributed by atoms with Gasteiger partial charge < -0.3 is 15.0 Å². The van der Waals surface area contributed by atoms with E-state index < -0.39 is 29.3 Å². The molecule has 2 aromatic carbocycles. The quantitative estimate of drug-likeness (QED) is 0.454. The number of carbonyl (C=O) groups excluding carboxylic acids is 3. The molecule has 1 saturated heterocycles. The van der Waals surface area contributed by atoms with Gasteiger partial charge in [-0.15, -0.1) is 0 Å². The summed E-state index contributed by atoms with van der Waals surface area (Å²) in [6, 6.07) is 13.0. The van der Waals surface area contributed by atoms with Crippen molar-refractivity contribution < 1.29 is 24.0 Å². The number of nitro benzene ring substituents is 1. The summed E-state index contributed by atoms with van der Waals surface area (Å²) in [7, 11) is 0. The largest absolute Gasteiger partial charge is 0.455 e. The normalized spacial score (nSPS) is 15.8. The summed E-state index contributed by atoms with van der Waals surface area (Å²) in [6.07, 6.45) is -0.00150. The predicted octanol–water partition coefficient (Wildman–Crippen LogP) is 2.44. The van der Waals surface area contributed by atoms with E-state index in [1.165, 1.54) is 23.1 Å². The fourth-order valence-corrected chi connectivity index (χ4v) is 3.02. The third-order valence-electron chi connectivity index (χ3n) is 4.52. The van der Waals surface area contributed by atoms with E-state index in [0.29, 0.717) is 5.69 Å². The summed E-state index contributed by atoms with van der Waals surface area (Å²) < 4.78 is 5.01. The molecule has 1 atom stereocenters. The van der Waals surface area contributed by atoms with E-state index in [1.54, 1.807) is 18.2 Å². The maximum Gasteiger partial charge on any atom is 0.311 e. The van der Waals surface area contributed by atoms with Crippen molar-refractivity contribution in [3.8, 4) is 0 Å². The molecule has 29 heavy (non-hydrogen) atoms. The molecule has 2 aromatic rings. The maximum atomic E-state index is 12.3. The summed E-state index contributed by atoms with van der Waals surface area (Å²) in [5.74, 6) is -2.24. The Kier molecular flexibility index (Phi) is 5.87. The van der Waals surface area contributed by atoms with Gasteiger partial charge in [-0.2, -0.15) is 0 Å². The molecule has 0 aromatic heterocycles. The van der Waals surface area contributed by atoms with Crippen LogP contribution in [-0.4, -0.2) is 35.9 Å². The molecule has 1 fully saturated rings. The number of hydrogen-bond donors (Lipinski definition) is 1. The molecule has 9 nitrogen and oxygen atoms in total. The van der Waals surface area contributed by atoms with Crippen LogP contribution in [0.4, 0.5) is 17.1 Å². The molecule has 1 aliphatic heterocycles. The highest BCUT2D eigenvalue weighted by Gasteiger charge is 2.36. The van der Waals surface area contributed by atoms with Crippen LogP contribution in [0.3, 0.4) is 0 Å². The minimum absolute atomic E-state index is 0.00150. The van der Waals surface area contributed by atoms with Crippen molar-refractivity contribution in [1.82, 2.24) is 0 Å². The van der Waals surface area contributed by atoms with Gasteiger partial charge in [-0.1, -0.05) is 29.8 Å². The highest BCUT2D eigenvalue weighted by Crippen LogP contribution is 2.26. The number of para-hydroxylation sites is 2. The summed E-state index contributed by atoms with van der Waals surface area (Å²) in [5.41, 5.74) is 1.51. The SMILES string of the molecule is Cc1ccc(N2C[C@H](C(=O)OCC(=O)Nc3ccccc3[N+](=O)[O-])CC2=O)cc1. The number of benzene rings is 2. The van der Waals surface area contributed by atoms with Gasteiger partial charge in [0.05, 0.1) is 10.8 Å². The number of ether oxygens (including phenoxy) is 1. The van der Waals surface area contributed by atoms with Gasteiger partial charge in [0.15, 0.2) is 6.61 Å². The highest BCUT2D eigenvalue weighted by atomic mass is 16.6. The van der Waals surface area contributed by atoms with Crippen molar-refractivity contribution in [2.24, 2.45) is 5.92 Å². The highest BCUT2D eigenvalue weighted by molar-refractivity contribution is 6.00. The van der Waals surface area contributed by atoms with Gasteiger partial charge in [-0.3, -0.25) is 24.5 Å². The number of carbonyl (C=O) groups is 3. The molecule has 1 aliphatic rings. The Morgan fingerprint density at radius 2 is 1.90 bits per heavy atom. The predicted molar refractivity (Wildman–Crippen MR) is 104 cm³/mol. The Morgan fingerprint density at radius 1 is 1.21 bits per heavy atom. The molecule has 1 heterocycles. The van der Waals surface area contributed by atoms with Crippen LogP contribution in [-0.2, 0) is 19.1 Å². The van der Waals surface area contributed by atoms with Crippen molar-refractivity contribution in [3.05, 3.63) is 64.2 Å². The monoisotopic (exact) mass is 397 g/mol. The van der Waals surface area contributed by atoms with Crippen molar-refractivity contribution >= 4 is 34.8 Å². The Morgan fingerprint density at radius 3 is 2.59 bits per heavy atom. The minimum Gasteiger partial charge on any atom is -0.455 e. The topological polar surface area (TPSA) is 119 Å². The van der Waals surface area contributed by atoms with Gasteiger partial charge >= 0.3 is 5.97 Å². The minimum atomic E-state index is -0.702. The molecule has 0 bridgehead atoms. The summed E-state index contributed by atoms with van der Waals surface area (Å²) in [6.45, 7) is 1.51. The van der Waals surface area contributed by atoms with E-state index in [9.17, 15) is 24.5 Å². The third kappa shape index (κ3) is 4.75. The Hall–Kier alpha value is -3.75. The second-order valence-corrected chi connectivity index (χ2v) is 6.67. The summed E-state index contributed by atoms with van der Waals surface area (Å²) in [4.78, 5) is 48.4. The van der Waals surface area contributed by atoms with Crippen molar-refractivity contribution in [1.29, 1.82) is 0 Å². The molecule has 9 heteroatoms. The molecule has 2 amide bonds. The lowest BCUT2D eigenvalue weighted by Gasteiger charge is -2.16. The molecule has 0 radical (unpaired) electrons. The molecule has 3 rings (SSSR count). The van der Waals surface area contributed by atoms with E-state index in [2.05, 4.69) is 5.32 Å². The zero-order chi connectivity index (χ0) is 21.0. The van der Waals surface area contributed by atoms with E-state index in [4.69, 9.17) is 4.74 Å². The van der Waals surface area contributed by atoms with Gasteiger partial charge in [-0.25, -0.2) is 0 Å². The van der Waals surface area contributed by atoms with Gasteiger partial charge in [-0.05, 0) is 25.1 Å². The van der Waals surface area contributed by atoms with Crippen LogP contribution in [0, 0.1) is 23.0 Å². The fraction of sp³-hybridized carbons (Fsp3) is 0.250. The number of esters is 1. The van der Waals surface area contributed by atoms with Gasteiger partial charge in [0, 0.05) is 24.7 Å². The summed E-state index contributed by atoms with van der Waals surface area (Å²) >= 11 is 0. The van der Waals surface area contributed by atoms with Gasteiger partial charge in [0.2, 0.25) is 5.91 Å². The Bertz CT molecular complexity index is 957. The van der Waals surface area contributed by atoms with E-state index >= 15 is 0 Å². The first-order chi connectivity index (χ1) is 13.8. The molecule has 1 N–H and O–H groups in total. The van der Waals surface area contributed by atoms with Crippen LogP contribution < -0.4 is 10.2 Å². The van der Waals surface area contributed by atoms with Crippen molar-refractivity contribution in [3.63, 3.8) is 0 Å². The number of nitrogens with one attached hydrogen (secondary N) is 1. The number of hydrogen-bond acceptors (Lipinski definition) is 6. The van der Waals surface area contributed by atoms with Crippen LogP contribution >= 0.6 is 0 Å². The molecular weight excluding hydrogens is 378 g/mol. The maximum absolute atomic E-state index is 12.3. The number of anilines is 2. The lowest BCUT2D eigenvalue weighted by molar-refractivity contribution is -0.383. The second kappa shape index (κ2) is 8.51. The van der Waals surface area contributed by atoms with E-state index in [-0.39, 0.29) is 30.2 Å². The van der Waals surface area contributed by atoms with E-state index in [1.807, 2.05) is 19.1 Å². The molecule has 150 valence electrons. The molecule has 0 spiro atoms. The molecule has 0 saturated carbocycles. The molecule has 0 unspecified atom stereocenters. The molecular formula is C20H19N3O6. The van der Waals surface area contributed by atoms with Crippen LogP contribution in [0.25, 0.3) is 0 Å². The van der Waals surface area contributed by atoms with Crippen molar-refractivity contribution in [2.45, 2.75) is 13.3 Å². The lowest BCUT2D eigenvalue weighted by atomic mass is 10.1. The molecule has 0 aliphatic carbocycles. The average Bonchev–Trinajstić information content (AvgIpc) is 3.09. The van der Waals surface area contributed by atoms with Crippen LogP contribution in [0.5, 0.6) is 0 Å². The van der Waals surface area contributed by atoms with E-state index in [0.717, 1.165) is 5.56 Å². The zero-order valence-corrected chi connectivity index (χ0v) is 15.7. The first-order valence-corrected chi connectivity index (χ1v) is 8.92. The average molecular weight is 397 g/mol. The van der Waals surface area contributed by atoms with Crippen LogP contribution in [0.15, 0.2) is 48.5 Å². The number of nitrogens with zero attached hydrogens (tertiary/aromatic N) is 2. The Labute approximate surface area is 166 Å².